The fraction of sp³-hybridized carbons (Fsp3) is 0.235. The summed E-state index contributed by atoms with van der Waals surface area (Å²) in [6.07, 6.45) is 0. The van der Waals surface area contributed by atoms with Crippen LogP contribution in [0.3, 0.4) is 0 Å². The standard InChI is InChI=1S/C17H14ClNO2S/c1-11-2-8-14(9-3-11)22(20,21)17-15(10-19)16(17)12-4-6-13(18)7-5-12/h2-9,15-17H,1H3/t15-,16+,17+/m0/s1. The molecule has 0 N–H and O–H groups in total. The SMILES string of the molecule is Cc1ccc(S(=O)(=O)[C@@H]2[C@@H](C#N)[C@H]2c2ccc(Cl)cc2)cc1. The van der Waals surface area contributed by atoms with E-state index < -0.39 is 21.0 Å². The molecule has 0 amide bonds. The van der Waals surface area contributed by atoms with Gasteiger partial charge >= 0.3 is 0 Å². The zero-order valence-corrected chi connectivity index (χ0v) is 13.5. The molecule has 0 spiro atoms. The molecular weight excluding hydrogens is 318 g/mol. The highest BCUT2D eigenvalue weighted by atomic mass is 35.5. The van der Waals surface area contributed by atoms with Crippen LogP contribution in [0.5, 0.6) is 0 Å². The van der Waals surface area contributed by atoms with Crippen LogP contribution in [-0.4, -0.2) is 13.7 Å². The highest BCUT2D eigenvalue weighted by Crippen LogP contribution is 2.53. The van der Waals surface area contributed by atoms with E-state index in [0.29, 0.717) is 5.02 Å². The minimum atomic E-state index is -3.51. The van der Waals surface area contributed by atoms with E-state index in [1.54, 1.807) is 48.5 Å². The molecular formula is C17H14ClNO2S. The van der Waals surface area contributed by atoms with E-state index in [9.17, 15) is 13.7 Å². The molecule has 0 saturated heterocycles. The second kappa shape index (κ2) is 5.42. The Hall–Kier alpha value is -1.83. The Morgan fingerprint density at radius 1 is 1.05 bits per heavy atom. The second-order valence-electron chi connectivity index (χ2n) is 5.55. The van der Waals surface area contributed by atoms with Crippen LogP contribution >= 0.6 is 11.6 Å². The first kappa shape index (κ1) is 15.1. The Labute approximate surface area is 135 Å². The summed E-state index contributed by atoms with van der Waals surface area (Å²) in [5, 5.41) is 9.19. The summed E-state index contributed by atoms with van der Waals surface area (Å²) in [5.41, 5.74) is 1.84. The van der Waals surface area contributed by atoms with E-state index in [-0.39, 0.29) is 10.8 Å². The molecule has 5 heteroatoms. The predicted octanol–water partition coefficient (Wildman–Crippen LogP) is 3.73. The summed E-state index contributed by atoms with van der Waals surface area (Å²) < 4.78 is 25.5. The molecule has 0 aliphatic heterocycles. The molecule has 3 rings (SSSR count). The molecule has 1 aliphatic rings. The number of benzene rings is 2. The van der Waals surface area contributed by atoms with Crippen molar-refractivity contribution in [1.29, 1.82) is 5.26 Å². The zero-order chi connectivity index (χ0) is 15.9. The van der Waals surface area contributed by atoms with Crippen molar-refractivity contribution in [3.05, 3.63) is 64.7 Å². The van der Waals surface area contributed by atoms with Crippen molar-refractivity contribution in [3.8, 4) is 6.07 Å². The lowest BCUT2D eigenvalue weighted by atomic mass is 10.1. The Bertz CT molecular complexity index is 836. The number of nitrogens with zero attached hydrogens (tertiary/aromatic N) is 1. The van der Waals surface area contributed by atoms with E-state index >= 15 is 0 Å². The van der Waals surface area contributed by atoms with E-state index in [0.717, 1.165) is 11.1 Å². The minimum Gasteiger partial charge on any atom is -0.223 e. The molecule has 0 radical (unpaired) electrons. The van der Waals surface area contributed by atoms with Gasteiger partial charge in [0.2, 0.25) is 0 Å². The number of rotatable bonds is 3. The first-order chi connectivity index (χ1) is 10.4. The largest absolute Gasteiger partial charge is 0.223 e. The number of nitriles is 1. The second-order valence-corrected chi connectivity index (χ2v) is 8.10. The minimum absolute atomic E-state index is 0.278. The first-order valence-electron chi connectivity index (χ1n) is 6.91. The average molecular weight is 332 g/mol. The molecule has 0 bridgehead atoms. The molecule has 0 aromatic heterocycles. The number of halogens is 1. The molecule has 2 aromatic carbocycles. The third kappa shape index (κ3) is 2.51. The molecule has 0 unspecified atom stereocenters. The highest BCUT2D eigenvalue weighted by molar-refractivity contribution is 7.92. The van der Waals surface area contributed by atoms with E-state index in [1.165, 1.54) is 0 Å². The van der Waals surface area contributed by atoms with Crippen LogP contribution < -0.4 is 0 Å². The molecule has 3 nitrogen and oxygen atoms in total. The van der Waals surface area contributed by atoms with Gasteiger partial charge < -0.3 is 0 Å². The summed E-state index contributed by atoms with van der Waals surface area (Å²) in [6.45, 7) is 1.90. The maximum absolute atomic E-state index is 12.7. The van der Waals surface area contributed by atoms with E-state index in [4.69, 9.17) is 11.6 Å². The van der Waals surface area contributed by atoms with Crippen molar-refractivity contribution < 1.29 is 8.42 Å². The van der Waals surface area contributed by atoms with Gasteiger partial charge in [-0.15, -0.1) is 0 Å². The molecule has 1 fully saturated rings. The van der Waals surface area contributed by atoms with Crippen molar-refractivity contribution in [1.82, 2.24) is 0 Å². The predicted molar refractivity (Wildman–Crippen MR) is 85.4 cm³/mol. The van der Waals surface area contributed by atoms with Crippen LogP contribution in [0.4, 0.5) is 0 Å². The van der Waals surface area contributed by atoms with Crippen LogP contribution in [0.1, 0.15) is 17.0 Å². The van der Waals surface area contributed by atoms with Crippen molar-refractivity contribution in [2.45, 2.75) is 23.0 Å². The van der Waals surface area contributed by atoms with Crippen LogP contribution in [0.15, 0.2) is 53.4 Å². The van der Waals surface area contributed by atoms with Crippen molar-refractivity contribution in [3.63, 3.8) is 0 Å². The number of hydrogen-bond donors (Lipinski definition) is 0. The third-order valence-electron chi connectivity index (χ3n) is 4.07. The normalized spacial score (nSPS) is 23.8. The number of sulfone groups is 1. The Balaban J connectivity index is 1.95. The highest BCUT2D eigenvalue weighted by Gasteiger charge is 2.59. The van der Waals surface area contributed by atoms with Crippen molar-refractivity contribution >= 4 is 21.4 Å². The summed E-state index contributed by atoms with van der Waals surface area (Å²) in [6, 6.07) is 15.9. The molecule has 1 saturated carbocycles. The molecule has 0 heterocycles. The van der Waals surface area contributed by atoms with Gasteiger partial charge in [0.1, 0.15) is 0 Å². The van der Waals surface area contributed by atoms with Crippen molar-refractivity contribution in [2.75, 3.05) is 0 Å². The summed E-state index contributed by atoms with van der Waals surface area (Å²) in [5.74, 6) is -0.791. The quantitative estimate of drug-likeness (QED) is 0.861. The fourth-order valence-corrected chi connectivity index (χ4v) is 4.98. The van der Waals surface area contributed by atoms with Gasteiger partial charge in [0.25, 0.3) is 0 Å². The van der Waals surface area contributed by atoms with Gasteiger partial charge in [0, 0.05) is 10.9 Å². The van der Waals surface area contributed by atoms with Crippen LogP contribution in [0.25, 0.3) is 0 Å². The zero-order valence-electron chi connectivity index (χ0n) is 11.9. The molecule has 112 valence electrons. The lowest BCUT2D eigenvalue weighted by Crippen LogP contribution is -2.10. The van der Waals surface area contributed by atoms with Gasteiger partial charge in [-0.05, 0) is 36.8 Å². The fourth-order valence-electron chi connectivity index (χ4n) is 2.79. The molecule has 1 aliphatic carbocycles. The van der Waals surface area contributed by atoms with Crippen LogP contribution in [0, 0.1) is 24.2 Å². The van der Waals surface area contributed by atoms with E-state index in [2.05, 4.69) is 6.07 Å². The average Bonchev–Trinajstić information content (AvgIpc) is 3.24. The summed E-state index contributed by atoms with van der Waals surface area (Å²) >= 11 is 5.86. The molecule has 3 atom stereocenters. The van der Waals surface area contributed by atoms with Crippen molar-refractivity contribution in [2.24, 2.45) is 5.92 Å². The Morgan fingerprint density at radius 3 is 2.18 bits per heavy atom. The number of hydrogen-bond acceptors (Lipinski definition) is 3. The van der Waals surface area contributed by atoms with Gasteiger partial charge in [-0.25, -0.2) is 8.42 Å². The lowest BCUT2D eigenvalue weighted by Gasteiger charge is -2.04. The van der Waals surface area contributed by atoms with Crippen LogP contribution in [-0.2, 0) is 9.84 Å². The smallest absolute Gasteiger partial charge is 0.183 e. The Morgan fingerprint density at radius 2 is 1.64 bits per heavy atom. The van der Waals surface area contributed by atoms with Gasteiger partial charge in [0.05, 0.1) is 22.1 Å². The van der Waals surface area contributed by atoms with Gasteiger partial charge in [0.15, 0.2) is 9.84 Å². The topological polar surface area (TPSA) is 57.9 Å². The van der Waals surface area contributed by atoms with Crippen LogP contribution in [0.2, 0.25) is 5.02 Å². The first-order valence-corrected chi connectivity index (χ1v) is 8.83. The number of aryl methyl sites for hydroxylation is 1. The van der Waals surface area contributed by atoms with E-state index in [1.807, 2.05) is 6.92 Å². The maximum atomic E-state index is 12.7. The van der Waals surface area contributed by atoms with Gasteiger partial charge in [-0.3, -0.25) is 0 Å². The maximum Gasteiger partial charge on any atom is 0.183 e. The lowest BCUT2D eigenvalue weighted by molar-refractivity contribution is 0.593. The summed E-state index contributed by atoms with van der Waals surface area (Å²) in [7, 11) is -3.51. The summed E-state index contributed by atoms with van der Waals surface area (Å²) in [4.78, 5) is 0.278. The van der Waals surface area contributed by atoms with Gasteiger partial charge in [-0.1, -0.05) is 41.4 Å². The van der Waals surface area contributed by atoms with Gasteiger partial charge in [-0.2, -0.15) is 5.26 Å². The molecule has 22 heavy (non-hydrogen) atoms. The Kier molecular flexibility index (Phi) is 3.72. The molecule has 2 aromatic rings. The third-order valence-corrected chi connectivity index (χ3v) is 6.55. The monoisotopic (exact) mass is 331 g/mol.